The molecule has 0 N–H and O–H groups in total. The monoisotopic (exact) mass is 190 g/mol. The van der Waals surface area contributed by atoms with Gasteiger partial charge in [-0.05, 0) is 31.5 Å². The molecule has 0 aliphatic heterocycles. The van der Waals surface area contributed by atoms with Crippen LogP contribution < -0.4 is 0 Å². The summed E-state index contributed by atoms with van der Waals surface area (Å²) in [6.45, 7) is 5.52. The summed E-state index contributed by atoms with van der Waals surface area (Å²) in [5.41, 5.74) is 1.81. The topological polar surface area (TPSA) is 30.7 Å². The predicted molar refractivity (Wildman–Crippen MR) is 50.5 cm³/mol. The second kappa shape index (κ2) is 3.21. The van der Waals surface area contributed by atoms with E-state index in [4.69, 9.17) is 0 Å². The molecule has 0 bridgehead atoms. The van der Waals surface area contributed by atoms with Gasteiger partial charge in [-0.25, -0.2) is 9.07 Å². The molecule has 0 aliphatic rings. The molecule has 71 valence electrons. The van der Waals surface area contributed by atoms with E-state index < -0.39 is 0 Å². The number of aryl methyl sites for hydroxylation is 1. The molecule has 0 fully saturated rings. The first kappa shape index (κ1) is 8.87. The van der Waals surface area contributed by atoms with Crippen LogP contribution in [0.5, 0.6) is 0 Å². The largest absolute Gasteiger partial charge is 0.215 e. The number of hydrogen-bond acceptors (Lipinski definition) is 2. The molecular formula is C10H9FN3. The van der Waals surface area contributed by atoms with Crippen molar-refractivity contribution in [3.8, 4) is 5.69 Å². The molecule has 1 heterocycles. The minimum absolute atomic E-state index is 0.319. The van der Waals surface area contributed by atoms with Crippen molar-refractivity contribution < 1.29 is 4.39 Å². The quantitative estimate of drug-likeness (QED) is 0.687. The lowest BCUT2D eigenvalue weighted by molar-refractivity contribution is 0.604. The van der Waals surface area contributed by atoms with Crippen molar-refractivity contribution in [2.24, 2.45) is 0 Å². The zero-order chi connectivity index (χ0) is 10.1. The Hall–Kier alpha value is -1.71. The highest BCUT2D eigenvalue weighted by molar-refractivity contribution is 5.36. The summed E-state index contributed by atoms with van der Waals surface area (Å²) >= 11 is 0. The van der Waals surface area contributed by atoms with Gasteiger partial charge in [0.2, 0.25) is 0 Å². The first-order valence-electron chi connectivity index (χ1n) is 4.17. The van der Waals surface area contributed by atoms with Crippen LogP contribution >= 0.6 is 0 Å². The molecule has 0 spiro atoms. The summed E-state index contributed by atoms with van der Waals surface area (Å²) in [7, 11) is 0. The molecule has 4 heteroatoms. The number of halogens is 1. The Labute approximate surface area is 81.2 Å². The SMILES string of the molecule is [CH2]c1cnnn1-c1ccc(C)cc1F. The number of rotatable bonds is 1. The second-order valence-corrected chi connectivity index (χ2v) is 3.09. The molecule has 0 amide bonds. The summed E-state index contributed by atoms with van der Waals surface area (Å²) in [6.07, 6.45) is 1.49. The maximum absolute atomic E-state index is 13.5. The van der Waals surface area contributed by atoms with E-state index in [9.17, 15) is 4.39 Å². The first-order valence-corrected chi connectivity index (χ1v) is 4.17. The van der Waals surface area contributed by atoms with Gasteiger partial charge in [0.05, 0.1) is 11.9 Å². The molecule has 2 rings (SSSR count). The minimum atomic E-state index is -0.319. The van der Waals surface area contributed by atoms with Crippen LogP contribution in [0.25, 0.3) is 5.69 Å². The summed E-state index contributed by atoms with van der Waals surface area (Å²) < 4.78 is 14.8. The van der Waals surface area contributed by atoms with Crippen LogP contribution in [0.15, 0.2) is 24.4 Å². The zero-order valence-electron chi connectivity index (χ0n) is 7.74. The van der Waals surface area contributed by atoms with Crippen LogP contribution in [0.1, 0.15) is 11.3 Å². The number of nitrogens with zero attached hydrogens (tertiary/aromatic N) is 3. The summed E-state index contributed by atoms with van der Waals surface area (Å²) in [5.74, 6) is -0.319. The molecule has 14 heavy (non-hydrogen) atoms. The molecule has 0 unspecified atom stereocenters. The molecule has 1 aromatic heterocycles. The van der Waals surface area contributed by atoms with Crippen LogP contribution in [-0.2, 0) is 0 Å². The van der Waals surface area contributed by atoms with E-state index in [-0.39, 0.29) is 5.82 Å². The minimum Gasteiger partial charge on any atom is -0.215 e. The van der Waals surface area contributed by atoms with Crippen molar-refractivity contribution >= 4 is 0 Å². The highest BCUT2D eigenvalue weighted by Crippen LogP contribution is 2.14. The highest BCUT2D eigenvalue weighted by Gasteiger charge is 2.07. The van der Waals surface area contributed by atoms with Gasteiger partial charge in [0.15, 0.2) is 0 Å². The first-order chi connectivity index (χ1) is 6.68. The van der Waals surface area contributed by atoms with Gasteiger partial charge in [-0.3, -0.25) is 0 Å². The standard InChI is InChI=1S/C10H9FN3/c1-7-3-4-10(9(11)5-7)14-8(2)6-12-13-14/h3-6H,2H2,1H3. The molecule has 1 aromatic carbocycles. The van der Waals surface area contributed by atoms with Crippen LogP contribution in [0.4, 0.5) is 4.39 Å². The number of hydrogen-bond donors (Lipinski definition) is 0. The molecule has 0 atom stereocenters. The van der Waals surface area contributed by atoms with Gasteiger partial charge in [0.25, 0.3) is 0 Å². The predicted octanol–water partition coefficient (Wildman–Crippen LogP) is 1.90. The Balaban J connectivity index is 2.58. The van der Waals surface area contributed by atoms with Crippen molar-refractivity contribution in [1.82, 2.24) is 15.0 Å². The normalized spacial score (nSPS) is 10.5. The Bertz CT molecular complexity index is 462. The van der Waals surface area contributed by atoms with Gasteiger partial charge >= 0.3 is 0 Å². The van der Waals surface area contributed by atoms with Gasteiger partial charge in [0, 0.05) is 0 Å². The van der Waals surface area contributed by atoms with Crippen molar-refractivity contribution in [2.75, 3.05) is 0 Å². The maximum Gasteiger partial charge on any atom is 0.149 e. The van der Waals surface area contributed by atoms with Gasteiger partial charge in [0.1, 0.15) is 11.5 Å². The molecule has 1 radical (unpaired) electrons. The third-order valence-electron chi connectivity index (χ3n) is 1.95. The Morgan fingerprint density at radius 2 is 2.21 bits per heavy atom. The maximum atomic E-state index is 13.5. The number of aromatic nitrogens is 3. The van der Waals surface area contributed by atoms with Gasteiger partial charge in [-0.15, -0.1) is 5.10 Å². The van der Waals surface area contributed by atoms with Gasteiger partial charge < -0.3 is 0 Å². The fraction of sp³-hybridized carbons (Fsp3) is 0.100. The lowest BCUT2D eigenvalue weighted by Gasteiger charge is -2.04. The van der Waals surface area contributed by atoms with Crippen LogP contribution in [0, 0.1) is 19.7 Å². The number of benzene rings is 1. The van der Waals surface area contributed by atoms with Crippen LogP contribution in [0.2, 0.25) is 0 Å². The lowest BCUT2D eigenvalue weighted by atomic mass is 10.2. The van der Waals surface area contributed by atoms with Crippen molar-refractivity contribution in [3.63, 3.8) is 0 Å². The molecule has 3 nitrogen and oxygen atoms in total. The van der Waals surface area contributed by atoms with Crippen molar-refractivity contribution in [3.05, 3.63) is 48.4 Å². The molecule has 0 saturated heterocycles. The smallest absolute Gasteiger partial charge is 0.149 e. The van der Waals surface area contributed by atoms with E-state index >= 15 is 0 Å². The highest BCUT2D eigenvalue weighted by atomic mass is 19.1. The fourth-order valence-corrected chi connectivity index (χ4v) is 1.24. The third-order valence-corrected chi connectivity index (χ3v) is 1.95. The zero-order valence-corrected chi connectivity index (χ0v) is 7.74. The Morgan fingerprint density at radius 1 is 1.43 bits per heavy atom. The van der Waals surface area contributed by atoms with Crippen molar-refractivity contribution in [1.29, 1.82) is 0 Å². The molecular weight excluding hydrogens is 181 g/mol. The van der Waals surface area contributed by atoms with Crippen molar-refractivity contribution in [2.45, 2.75) is 6.92 Å². The summed E-state index contributed by atoms with van der Waals surface area (Å²) in [6, 6.07) is 4.93. The Morgan fingerprint density at radius 3 is 2.79 bits per heavy atom. The third kappa shape index (κ3) is 1.39. The van der Waals surface area contributed by atoms with E-state index in [1.54, 1.807) is 6.07 Å². The van der Waals surface area contributed by atoms with Crippen LogP contribution in [-0.4, -0.2) is 15.0 Å². The fourth-order valence-electron chi connectivity index (χ4n) is 1.24. The lowest BCUT2D eigenvalue weighted by Crippen LogP contribution is -2.02. The molecule has 0 aliphatic carbocycles. The second-order valence-electron chi connectivity index (χ2n) is 3.09. The van der Waals surface area contributed by atoms with E-state index in [0.29, 0.717) is 11.4 Å². The summed E-state index contributed by atoms with van der Waals surface area (Å²) in [5, 5.41) is 7.39. The van der Waals surface area contributed by atoms with E-state index in [1.165, 1.54) is 16.9 Å². The Kier molecular flexibility index (Phi) is 2.04. The van der Waals surface area contributed by atoms with E-state index in [1.807, 2.05) is 13.0 Å². The van der Waals surface area contributed by atoms with Gasteiger partial charge in [-0.1, -0.05) is 11.3 Å². The summed E-state index contributed by atoms with van der Waals surface area (Å²) in [4.78, 5) is 0. The van der Waals surface area contributed by atoms with E-state index in [2.05, 4.69) is 17.2 Å². The average Bonchev–Trinajstić information content (AvgIpc) is 2.52. The average molecular weight is 190 g/mol. The van der Waals surface area contributed by atoms with E-state index in [0.717, 1.165) is 5.56 Å². The van der Waals surface area contributed by atoms with Gasteiger partial charge in [-0.2, -0.15) is 0 Å². The molecule has 2 aromatic rings. The van der Waals surface area contributed by atoms with Crippen LogP contribution in [0.3, 0.4) is 0 Å². The molecule has 0 saturated carbocycles.